The minimum atomic E-state index is -0.0353. The maximum absolute atomic E-state index is 12.5. The number of aromatic amines is 1. The predicted octanol–water partition coefficient (Wildman–Crippen LogP) is 3.73. The average molecular weight is 371 g/mol. The van der Waals surface area contributed by atoms with Crippen LogP contribution in [0.25, 0.3) is 10.9 Å². The molecule has 2 aromatic heterocycles. The van der Waals surface area contributed by atoms with Crippen molar-refractivity contribution in [2.45, 2.75) is 37.8 Å². The van der Waals surface area contributed by atoms with E-state index in [1.807, 2.05) is 30.5 Å². The first-order chi connectivity index (χ1) is 12.7. The summed E-state index contributed by atoms with van der Waals surface area (Å²) in [5.41, 5.74) is 1.64. The van der Waals surface area contributed by atoms with Crippen LogP contribution in [0, 0.1) is 0 Å². The topological polar surface area (TPSA) is 79.9 Å². The summed E-state index contributed by atoms with van der Waals surface area (Å²) in [5, 5.41) is 4.71. The number of carbonyl (C=O) groups excluding carboxylic acids is 1. The predicted molar refractivity (Wildman–Crippen MR) is 99.5 cm³/mol. The van der Waals surface area contributed by atoms with Crippen LogP contribution in [0.3, 0.4) is 0 Å². The van der Waals surface area contributed by atoms with Crippen molar-refractivity contribution in [3.8, 4) is 6.01 Å². The molecule has 7 heteroatoms. The molecule has 1 saturated carbocycles. The molecule has 26 heavy (non-hydrogen) atoms. The van der Waals surface area contributed by atoms with E-state index < -0.39 is 0 Å². The second-order valence-corrected chi connectivity index (χ2v) is 6.96. The SMILES string of the molecule is O=C(NC1CCC(Oc2ncc(Cl)cn2)CC1)c1ccc2cc[nH]c2c1. The van der Waals surface area contributed by atoms with Crippen molar-refractivity contribution in [2.75, 3.05) is 0 Å². The highest BCUT2D eigenvalue weighted by Crippen LogP contribution is 2.23. The van der Waals surface area contributed by atoms with Crippen LogP contribution in [-0.4, -0.2) is 33.0 Å². The Kier molecular flexibility index (Phi) is 4.75. The number of aromatic nitrogens is 3. The Morgan fingerprint density at radius 2 is 1.92 bits per heavy atom. The van der Waals surface area contributed by atoms with Crippen molar-refractivity contribution in [3.05, 3.63) is 53.4 Å². The van der Waals surface area contributed by atoms with Gasteiger partial charge in [0.25, 0.3) is 5.91 Å². The van der Waals surface area contributed by atoms with Crippen molar-refractivity contribution < 1.29 is 9.53 Å². The van der Waals surface area contributed by atoms with E-state index >= 15 is 0 Å². The van der Waals surface area contributed by atoms with E-state index in [1.165, 1.54) is 12.4 Å². The molecule has 0 radical (unpaired) electrons. The van der Waals surface area contributed by atoms with Crippen LogP contribution in [0.5, 0.6) is 6.01 Å². The molecule has 1 fully saturated rings. The van der Waals surface area contributed by atoms with Crippen molar-refractivity contribution in [3.63, 3.8) is 0 Å². The molecule has 0 saturated heterocycles. The highest BCUT2D eigenvalue weighted by molar-refractivity contribution is 6.30. The number of nitrogens with one attached hydrogen (secondary N) is 2. The van der Waals surface area contributed by atoms with Gasteiger partial charge in [0.05, 0.1) is 17.4 Å². The summed E-state index contributed by atoms with van der Waals surface area (Å²) < 4.78 is 5.79. The molecule has 0 aliphatic heterocycles. The third-order valence-corrected chi connectivity index (χ3v) is 4.89. The zero-order valence-electron chi connectivity index (χ0n) is 14.1. The third kappa shape index (κ3) is 3.80. The van der Waals surface area contributed by atoms with Gasteiger partial charge in [0.15, 0.2) is 0 Å². The highest BCUT2D eigenvalue weighted by atomic mass is 35.5. The summed E-state index contributed by atoms with van der Waals surface area (Å²) in [7, 11) is 0. The number of nitrogens with zero attached hydrogens (tertiary/aromatic N) is 2. The minimum absolute atomic E-state index is 0.0353. The molecule has 3 aromatic rings. The molecule has 2 heterocycles. The van der Waals surface area contributed by atoms with Gasteiger partial charge in [-0.15, -0.1) is 0 Å². The molecule has 1 aliphatic carbocycles. The molecule has 0 unspecified atom stereocenters. The summed E-state index contributed by atoms with van der Waals surface area (Å²) >= 11 is 5.78. The van der Waals surface area contributed by atoms with Crippen LogP contribution in [-0.2, 0) is 0 Å². The Bertz CT molecular complexity index is 901. The number of fused-ring (bicyclic) bond motifs is 1. The van der Waals surface area contributed by atoms with Crippen LogP contribution in [0.15, 0.2) is 42.9 Å². The fraction of sp³-hybridized carbons (Fsp3) is 0.316. The number of ether oxygens (including phenoxy) is 1. The summed E-state index contributed by atoms with van der Waals surface area (Å²) in [6, 6.07) is 8.20. The van der Waals surface area contributed by atoms with Crippen molar-refractivity contribution in [1.82, 2.24) is 20.3 Å². The fourth-order valence-electron chi connectivity index (χ4n) is 3.29. The van der Waals surface area contributed by atoms with Gasteiger partial charge in [0.1, 0.15) is 6.10 Å². The van der Waals surface area contributed by atoms with Crippen molar-refractivity contribution in [1.29, 1.82) is 0 Å². The number of amides is 1. The molecular weight excluding hydrogens is 352 g/mol. The number of rotatable bonds is 4. The number of carbonyl (C=O) groups is 1. The maximum Gasteiger partial charge on any atom is 0.316 e. The Labute approximate surface area is 155 Å². The monoisotopic (exact) mass is 370 g/mol. The third-order valence-electron chi connectivity index (χ3n) is 4.70. The summed E-state index contributed by atoms with van der Waals surface area (Å²) in [5.74, 6) is -0.0353. The molecule has 4 rings (SSSR count). The van der Waals surface area contributed by atoms with Gasteiger partial charge in [-0.3, -0.25) is 4.79 Å². The standard InChI is InChI=1S/C19H19ClN4O2/c20-14-10-22-19(23-11-14)26-16-5-3-15(4-6-16)24-18(25)13-2-1-12-7-8-21-17(12)9-13/h1-2,7-11,15-16,21H,3-6H2,(H,24,25). The van der Waals surface area contributed by atoms with Gasteiger partial charge in [-0.25, -0.2) is 9.97 Å². The lowest BCUT2D eigenvalue weighted by molar-refractivity contribution is 0.0885. The lowest BCUT2D eigenvalue weighted by atomic mass is 9.92. The van der Waals surface area contributed by atoms with Gasteiger partial charge in [-0.1, -0.05) is 17.7 Å². The average Bonchev–Trinajstić information content (AvgIpc) is 3.13. The van der Waals surface area contributed by atoms with Gasteiger partial charge in [-0.2, -0.15) is 0 Å². The first-order valence-electron chi connectivity index (χ1n) is 8.69. The number of hydrogen-bond donors (Lipinski definition) is 2. The van der Waals surface area contributed by atoms with E-state index in [1.54, 1.807) is 0 Å². The molecular formula is C19H19ClN4O2. The molecule has 1 amide bonds. The first kappa shape index (κ1) is 16.8. The molecule has 134 valence electrons. The second-order valence-electron chi connectivity index (χ2n) is 6.53. The molecule has 6 nitrogen and oxygen atoms in total. The smallest absolute Gasteiger partial charge is 0.316 e. The van der Waals surface area contributed by atoms with Gasteiger partial charge in [0.2, 0.25) is 0 Å². The Morgan fingerprint density at radius 1 is 1.15 bits per heavy atom. The van der Waals surface area contributed by atoms with E-state index in [4.69, 9.17) is 16.3 Å². The molecule has 1 aliphatic rings. The van der Waals surface area contributed by atoms with Gasteiger partial charge >= 0.3 is 6.01 Å². The summed E-state index contributed by atoms with van der Waals surface area (Å²) in [4.78, 5) is 23.8. The molecule has 2 N–H and O–H groups in total. The van der Waals surface area contributed by atoms with E-state index in [2.05, 4.69) is 20.3 Å². The highest BCUT2D eigenvalue weighted by Gasteiger charge is 2.24. The van der Waals surface area contributed by atoms with E-state index in [0.29, 0.717) is 16.6 Å². The Balaban J connectivity index is 1.30. The number of halogens is 1. The lowest BCUT2D eigenvalue weighted by Gasteiger charge is -2.28. The minimum Gasteiger partial charge on any atom is -0.460 e. The normalized spacial score (nSPS) is 20.0. The maximum atomic E-state index is 12.5. The number of benzene rings is 1. The zero-order valence-corrected chi connectivity index (χ0v) is 14.9. The quantitative estimate of drug-likeness (QED) is 0.733. The Hall–Kier alpha value is -2.60. The first-order valence-corrected chi connectivity index (χ1v) is 9.07. The molecule has 0 atom stereocenters. The molecule has 0 spiro atoms. The van der Waals surface area contributed by atoms with Crippen LogP contribution in [0.1, 0.15) is 36.0 Å². The van der Waals surface area contributed by atoms with Gasteiger partial charge in [0, 0.05) is 23.3 Å². The lowest BCUT2D eigenvalue weighted by Crippen LogP contribution is -2.39. The van der Waals surface area contributed by atoms with Crippen LogP contribution < -0.4 is 10.1 Å². The number of hydrogen-bond acceptors (Lipinski definition) is 4. The van der Waals surface area contributed by atoms with Crippen molar-refractivity contribution >= 4 is 28.4 Å². The van der Waals surface area contributed by atoms with E-state index in [0.717, 1.165) is 36.6 Å². The fourth-order valence-corrected chi connectivity index (χ4v) is 3.39. The van der Waals surface area contributed by atoms with Crippen LogP contribution in [0.4, 0.5) is 0 Å². The second kappa shape index (κ2) is 7.33. The van der Waals surface area contributed by atoms with Gasteiger partial charge < -0.3 is 15.0 Å². The Morgan fingerprint density at radius 3 is 2.69 bits per heavy atom. The molecule has 0 bridgehead atoms. The van der Waals surface area contributed by atoms with Crippen molar-refractivity contribution in [2.24, 2.45) is 0 Å². The van der Waals surface area contributed by atoms with Gasteiger partial charge in [-0.05, 0) is 49.3 Å². The molecule has 1 aromatic carbocycles. The number of H-pyrrole nitrogens is 1. The summed E-state index contributed by atoms with van der Waals surface area (Å²) in [6.45, 7) is 0. The zero-order chi connectivity index (χ0) is 17.9. The van der Waals surface area contributed by atoms with Crippen LogP contribution in [0.2, 0.25) is 5.02 Å². The van der Waals surface area contributed by atoms with E-state index in [-0.39, 0.29) is 18.1 Å². The summed E-state index contributed by atoms with van der Waals surface area (Å²) in [6.07, 6.45) is 8.44. The largest absolute Gasteiger partial charge is 0.460 e. The van der Waals surface area contributed by atoms with Crippen LogP contribution >= 0.6 is 11.6 Å². The van der Waals surface area contributed by atoms with E-state index in [9.17, 15) is 4.79 Å².